The van der Waals surface area contributed by atoms with E-state index >= 15 is 0 Å². The number of carbonyl (C=O) groups excluding carboxylic acids is 1. The largest absolute Gasteiger partial charge is 0.368 e. The fourth-order valence-corrected chi connectivity index (χ4v) is 1.44. The molecule has 0 spiro atoms. The van der Waals surface area contributed by atoms with E-state index in [-0.39, 0.29) is 0 Å². The Morgan fingerprint density at radius 2 is 2.38 bits per heavy atom. The number of carbonyl (C=O) groups is 1. The zero-order chi connectivity index (χ0) is 12.1. The van der Waals surface area contributed by atoms with Gasteiger partial charge < -0.3 is 5.73 Å². The van der Waals surface area contributed by atoms with Crippen molar-refractivity contribution in [3.05, 3.63) is 28.8 Å². The first-order valence-corrected chi connectivity index (χ1v) is 4.75. The molecule has 0 aliphatic carbocycles. The number of nitriles is 1. The van der Waals surface area contributed by atoms with E-state index in [2.05, 4.69) is 5.48 Å². The minimum atomic E-state index is -1.03. The predicted molar refractivity (Wildman–Crippen MR) is 59.6 cm³/mol. The molecule has 0 aliphatic heterocycles. The van der Waals surface area contributed by atoms with Gasteiger partial charge in [0.25, 0.3) is 0 Å². The molecule has 1 amide bonds. The highest BCUT2D eigenvalue weighted by atomic mass is 35.5. The van der Waals surface area contributed by atoms with Gasteiger partial charge in [-0.15, -0.1) is 0 Å². The summed E-state index contributed by atoms with van der Waals surface area (Å²) in [6.45, 7) is 0. The number of nitrogens with two attached hydrogens (primary N) is 1. The zero-order valence-corrected chi connectivity index (χ0v) is 9.28. The van der Waals surface area contributed by atoms with Gasteiger partial charge in [-0.1, -0.05) is 17.7 Å². The van der Waals surface area contributed by atoms with Crippen LogP contribution >= 0.6 is 11.6 Å². The molecule has 0 radical (unpaired) electrons. The van der Waals surface area contributed by atoms with Crippen molar-refractivity contribution >= 4 is 23.2 Å². The monoisotopic (exact) mass is 239 g/mol. The van der Waals surface area contributed by atoms with E-state index in [0.29, 0.717) is 16.3 Å². The molecule has 0 saturated carbocycles. The van der Waals surface area contributed by atoms with Crippen LogP contribution in [0.15, 0.2) is 18.2 Å². The molecule has 1 aromatic rings. The lowest BCUT2D eigenvalue weighted by Gasteiger charge is -2.12. The smallest absolute Gasteiger partial charge is 0.239 e. The first kappa shape index (κ1) is 12.3. The highest BCUT2D eigenvalue weighted by molar-refractivity contribution is 6.30. The third kappa shape index (κ3) is 2.63. The molecular weight excluding hydrogens is 230 g/mol. The summed E-state index contributed by atoms with van der Waals surface area (Å²) in [5.41, 5.74) is 8.54. The standard InChI is InChI=1S/C10H10ClN3O2/c1-16-14-9-4-6(11)2-3-7(9)8(5-12)10(13)15/h2-4,8,14H,1H3,(H2,13,15). The third-order valence-corrected chi connectivity index (χ3v) is 2.19. The number of rotatable bonds is 4. The second kappa shape index (κ2) is 5.35. The second-order valence-electron chi connectivity index (χ2n) is 3.00. The van der Waals surface area contributed by atoms with Crippen LogP contribution in [-0.4, -0.2) is 13.0 Å². The number of anilines is 1. The van der Waals surface area contributed by atoms with Crippen LogP contribution in [0.1, 0.15) is 11.5 Å². The van der Waals surface area contributed by atoms with Crippen molar-refractivity contribution in [2.24, 2.45) is 5.73 Å². The van der Waals surface area contributed by atoms with E-state index < -0.39 is 11.8 Å². The molecule has 0 bridgehead atoms. The molecule has 1 rings (SSSR count). The number of primary amides is 1. The number of benzene rings is 1. The summed E-state index contributed by atoms with van der Waals surface area (Å²) in [6, 6.07) is 6.50. The lowest BCUT2D eigenvalue weighted by Crippen LogP contribution is -2.21. The number of nitrogens with one attached hydrogen (secondary N) is 1. The third-order valence-electron chi connectivity index (χ3n) is 1.95. The summed E-state index contributed by atoms with van der Waals surface area (Å²) in [7, 11) is 1.41. The molecule has 16 heavy (non-hydrogen) atoms. The highest BCUT2D eigenvalue weighted by Gasteiger charge is 2.20. The average Bonchev–Trinajstić information content (AvgIpc) is 2.22. The van der Waals surface area contributed by atoms with Crippen LogP contribution in [0.3, 0.4) is 0 Å². The van der Waals surface area contributed by atoms with Crippen LogP contribution < -0.4 is 11.2 Å². The van der Waals surface area contributed by atoms with Crippen LogP contribution in [0.4, 0.5) is 5.69 Å². The number of halogens is 1. The van der Waals surface area contributed by atoms with E-state index in [0.717, 1.165) is 0 Å². The van der Waals surface area contributed by atoms with E-state index in [4.69, 9.17) is 27.4 Å². The fraction of sp³-hybridized carbons (Fsp3) is 0.200. The molecule has 1 unspecified atom stereocenters. The quantitative estimate of drug-likeness (QED) is 0.778. The van der Waals surface area contributed by atoms with Crippen LogP contribution in [0, 0.1) is 11.3 Å². The summed E-state index contributed by atoms with van der Waals surface area (Å²) in [5, 5.41) is 9.32. The zero-order valence-electron chi connectivity index (χ0n) is 8.53. The predicted octanol–water partition coefficient (Wildman–Crippen LogP) is 1.41. The molecule has 0 heterocycles. The first-order valence-electron chi connectivity index (χ1n) is 4.37. The van der Waals surface area contributed by atoms with Gasteiger partial charge in [-0.25, -0.2) is 0 Å². The van der Waals surface area contributed by atoms with Crippen LogP contribution in [0.2, 0.25) is 5.02 Å². The SMILES string of the molecule is CONc1cc(Cl)ccc1C(C#N)C(N)=O. The Balaban J connectivity index is 3.21. The van der Waals surface area contributed by atoms with Crippen molar-refractivity contribution in [2.45, 2.75) is 5.92 Å². The Bertz CT molecular complexity index is 442. The highest BCUT2D eigenvalue weighted by Crippen LogP contribution is 2.27. The molecular formula is C10H10ClN3O2. The van der Waals surface area contributed by atoms with Crippen molar-refractivity contribution in [2.75, 3.05) is 12.6 Å². The van der Waals surface area contributed by atoms with Crippen molar-refractivity contribution in [3.63, 3.8) is 0 Å². The van der Waals surface area contributed by atoms with Gasteiger partial charge in [0.1, 0.15) is 0 Å². The molecule has 5 nitrogen and oxygen atoms in total. The maximum Gasteiger partial charge on any atom is 0.239 e. The lowest BCUT2D eigenvalue weighted by atomic mass is 9.98. The minimum Gasteiger partial charge on any atom is -0.368 e. The summed E-state index contributed by atoms with van der Waals surface area (Å²) in [4.78, 5) is 15.8. The Hall–Kier alpha value is -1.77. The van der Waals surface area contributed by atoms with Gasteiger partial charge in [0.2, 0.25) is 5.91 Å². The van der Waals surface area contributed by atoms with Gasteiger partial charge in [0, 0.05) is 10.6 Å². The maximum absolute atomic E-state index is 11.1. The van der Waals surface area contributed by atoms with Crippen molar-refractivity contribution in [1.82, 2.24) is 0 Å². The normalized spacial score (nSPS) is 11.6. The van der Waals surface area contributed by atoms with Crippen molar-refractivity contribution in [1.29, 1.82) is 5.26 Å². The van der Waals surface area contributed by atoms with Gasteiger partial charge in [-0.3, -0.25) is 15.1 Å². The summed E-state index contributed by atoms with van der Waals surface area (Å²) in [6.07, 6.45) is 0. The van der Waals surface area contributed by atoms with Gasteiger partial charge in [0.15, 0.2) is 5.92 Å². The summed E-state index contributed by atoms with van der Waals surface area (Å²) in [5.74, 6) is -1.75. The molecule has 0 aliphatic rings. The second-order valence-corrected chi connectivity index (χ2v) is 3.44. The van der Waals surface area contributed by atoms with Crippen LogP contribution in [-0.2, 0) is 9.63 Å². The van der Waals surface area contributed by atoms with Gasteiger partial charge in [-0.05, 0) is 12.1 Å². The molecule has 6 heteroatoms. The number of hydrogen-bond donors (Lipinski definition) is 2. The lowest BCUT2D eigenvalue weighted by molar-refractivity contribution is -0.118. The summed E-state index contributed by atoms with van der Waals surface area (Å²) < 4.78 is 0. The topological polar surface area (TPSA) is 88.1 Å². The number of amides is 1. The van der Waals surface area contributed by atoms with Gasteiger partial charge >= 0.3 is 0 Å². The molecule has 0 fully saturated rings. The minimum absolute atomic E-state index is 0.432. The Labute approximate surface area is 97.7 Å². The van der Waals surface area contributed by atoms with Crippen molar-refractivity contribution < 1.29 is 9.63 Å². The summed E-state index contributed by atoms with van der Waals surface area (Å²) >= 11 is 5.79. The number of nitrogens with zero attached hydrogens (tertiary/aromatic N) is 1. The molecule has 1 atom stereocenters. The molecule has 84 valence electrons. The van der Waals surface area contributed by atoms with Gasteiger partial charge in [-0.2, -0.15) is 5.26 Å². The Kier molecular flexibility index (Phi) is 4.11. The molecule has 1 aromatic carbocycles. The van der Waals surface area contributed by atoms with Crippen LogP contribution in [0.25, 0.3) is 0 Å². The fourth-order valence-electron chi connectivity index (χ4n) is 1.26. The van der Waals surface area contributed by atoms with E-state index in [1.165, 1.54) is 7.11 Å². The number of hydrogen-bond acceptors (Lipinski definition) is 4. The first-order chi connectivity index (χ1) is 7.60. The van der Waals surface area contributed by atoms with Crippen LogP contribution in [0.5, 0.6) is 0 Å². The Morgan fingerprint density at radius 3 is 2.88 bits per heavy atom. The van der Waals surface area contributed by atoms with E-state index in [1.807, 2.05) is 6.07 Å². The average molecular weight is 240 g/mol. The molecule has 0 aromatic heterocycles. The molecule has 3 N–H and O–H groups in total. The van der Waals surface area contributed by atoms with E-state index in [1.54, 1.807) is 18.2 Å². The maximum atomic E-state index is 11.1. The Morgan fingerprint density at radius 1 is 1.69 bits per heavy atom. The van der Waals surface area contributed by atoms with Gasteiger partial charge in [0.05, 0.1) is 18.9 Å². The molecule has 0 saturated heterocycles. The van der Waals surface area contributed by atoms with E-state index in [9.17, 15) is 4.79 Å². The van der Waals surface area contributed by atoms with Crippen molar-refractivity contribution in [3.8, 4) is 6.07 Å².